The number of benzene rings is 1. The monoisotopic (exact) mass is 323 g/mol. The molecule has 1 saturated carbocycles. The van der Waals surface area contributed by atoms with E-state index in [2.05, 4.69) is 17.1 Å². The van der Waals surface area contributed by atoms with Crippen LogP contribution >= 0.6 is 23.4 Å². The van der Waals surface area contributed by atoms with Crippen molar-refractivity contribution in [3.63, 3.8) is 0 Å². The molecule has 0 amide bonds. The highest BCUT2D eigenvalue weighted by atomic mass is 35.5. The third-order valence-corrected chi connectivity index (χ3v) is 5.69. The van der Waals surface area contributed by atoms with Crippen LogP contribution in [0.15, 0.2) is 33.7 Å². The minimum atomic E-state index is -0.180. The van der Waals surface area contributed by atoms with E-state index in [0.717, 1.165) is 29.2 Å². The fourth-order valence-corrected chi connectivity index (χ4v) is 3.79. The molecule has 6 heteroatoms. The van der Waals surface area contributed by atoms with Crippen molar-refractivity contribution in [1.82, 2.24) is 10.1 Å². The Balaban J connectivity index is 1.70. The van der Waals surface area contributed by atoms with E-state index in [1.165, 1.54) is 0 Å². The summed E-state index contributed by atoms with van der Waals surface area (Å²) in [6.07, 6.45) is 3.14. The minimum absolute atomic E-state index is 0.0991. The van der Waals surface area contributed by atoms with Crippen LogP contribution in [-0.2, 0) is 11.2 Å². The zero-order chi connectivity index (χ0) is 14.9. The average Bonchev–Trinajstić information content (AvgIpc) is 3.07. The Labute approximate surface area is 133 Å². The minimum Gasteiger partial charge on any atom is -0.339 e. The predicted octanol–water partition coefficient (Wildman–Crippen LogP) is 3.78. The molecule has 21 heavy (non-hydrogen) atoms. The van der Waals surface area contributed by atoms with Crippen LogP contribution in [-0.4, -0.2) is 16.2 Å². The summed E-state index contributed by atoms with van der Waals surface area (Å²) >= 11 is 7.75. The van der Waals surface area contributed by atoms with E-state index < -0.39 is 0 Å². The van der Waals surface area contributed by atoms with Gasteiger partial charge in [0.2, 0.25) is 5.89 Å². The molecule has 1 fully saturated rings. The van der Waals surface area contributed by atoms with Gasteiger partial charge in [-0.25, -0.2) is 0 Å². The van der Waals surface area contributed by atoms with Crippen molar-refractivity contribution >= 4 is 23.4 Å². The molecule has 0 saturated heterocycles. The molecule has 1 aliphatic rings. The SMILES string of the molecule is CC1(c2nc(CSc3ccccc3Cl)no2)CCCC1N. The fourth-order valence-electron chi connectivity index (χ4n) is 2.71. The summed E-state index contributed by atoms with van der Waals surface area (Å²) < 4.78 is 5.45. The lowest BCUT2D eigenvalue weighted by molar-refractivity contribution is 0.277. The van der Waals surface area contributed by atoms with Gasteiger partial charge in [-0.05, 0) is 31.9 Å². The van der Waals surface area contributed by atoms with Gasteiger partial charge in [-0.1, -0.05) is 35.3 Å². The van der Waals surface area contributed by atoms with Crippen LogP contribution in [0.1, 0.15) is 37.9 Å². The maximum atomic E-state index is 6.19. The van der Waals surface area contributed by atoms with E-state index in [-0.39, 0.29) is 11.5 Å². The highest BCUT2D eigenvalue weighted by Crippen LogP contribution is 2.39. The molecule has 4 nitrogen and oxygen atoms in total. The number of aromatic nitrogens is 2. The molecule has 112 valence electrons. The second-order valence-corrected chi connectivity index (χ2v) is 7.08. The smallest absolute Gasteiger partial charge is 0.234 e. The quantitative estimate of drug-likeness (QED) is 0.867. The first-order chi connectivity index (χ1) is 10.1. The summed E-state index contributed by atoms with van der Waals surface area (Å²) in [4.78, 5) is 5.56. The van der Waals surface area contributed by atoms with Crippen molar-refractivity contribution in [1.29, 1.82) is 0 Å². The predicted molar refractivity (Wildman–Crippen MR) is 84.5 cm³/mol. The summed E-state index contributed by atoms with van der Waals surface area (Å²) in [6.45, 7) is 2.11. The largest absolute Gasteiger partial charge is 0.339 e. The van der Waals surface area contributed by atoms with Gasteiger partial charge in [-0.3, -0.25) is 0 Å². The third-order valence-electron chi connectivity index (χ3n) is 4.18. The Kier molecular flexibility index (Phi) is 4.24. The number of rotatable bonds is 4. The second kappa shape index (κ2) is 5.99. The van der Waals surface area contributed by atoms with Crippen molar-refractivity contribution in [3.05, 3.63) is 41.0 Å². The van der Waals surface area contributed by atoms with Gasteiger partial charge in [0.1, 0.15) is 0 Å². The van der Waals surface area contributed by atoms with Gasteiger partial charge in [-0.2, -0.15) is 4.98 Å². The van der Waals surface area contributed by atoms with E-state index in [1.807, 2.05) is 24.3 Å². The van der Waals surface area contributed by atoms with Crippen LogP contribution in [0.5, 0.6) is 0 Å². The zero-order valence-electron chi connectivity index (χ0n) is 11.9. The van der Waals surface area contributed by atoms with Crippen LogP contribution in [0.3, 0.4) is 0 Å². The molecule has 2 N–H and O–H groups in total. The molecule has 0 spiro atoms. The van der Waals surface area contributed by atoms with Gasteiger partial charge < -0.3 is 10.3 Å². The normalized spacial score (nSPS) is 25.4. The van der Waals surface area contributed by atoms with Gasteiger partial charge in [0.15, 0.2) is 5.82 Å². The molecule has 1 aliphatic carbocycles. The van der Waals surface area contributed by atoms with Crippen molar-refractivity contribution < 1.29 is 4.52 Å². The maximum absolute atomic E-state index is 6.19. The lowest BCUT2D eigenvalue weighted by Crippen LogP contribution is -2.38. The molecule has 2 aromatic rings. The van der Waals surface area contributed by atoms with Gasteiger partial charge in [0, 0.05) is 10.9 Å². The fraction of sp³-hybridized carbons (Fsp3) is 0.467. The highest BCUT2D eigenvalue weighted by Gasteiger charge is 2.42. The lowest BCUT2D eigenvalue weighted by Gasteiger charge is -2.23. The zero-order valence-corrected chi connectivity index (χ0v) is 13.5. The summed E-state index contributed by atoms with van der Waals surface area (Å²) in [7, 11) is 0. The first-order valence-electron chi connectivity index (χ1n) is 7.05. The molecular weight excluding hydrogens is 306 g/mol. The lowest BCUT2D eigenvalue weighted by atomic mass is 9.85. The topological polar surface area (TPSA) is 64.9 Å². The number of halogens is 1. The number of nitrogens with zero attached hydrogens (tertiary/aromatic N) is 2. The van der Waals surface area contributed by atoms with E-state index in [4.69, 9.17) is 21.9 Å². The molecule has 3 rings (SSSR count). The Morgan fingerprint density at radius 2 is 2.29 bits per heavy atom. The molecule has 1 aromatic heterocycles. The standard InChI is InChI=1S/C15H18ClN3OS/c1-15(8-4-7-12(15)17)14-18-13(19-20-14)9-21-11-6-3-2-5-10(11)16/h2-3,5-6,12H,4,7-9,17H2,1H3. The van der Waals surface area contributed by atoms with Crippen molar-refractivity contribution in [3.8, 4) is 0 Å². The van der Waals surface area contributed by atoms with E-state index in [1.54, 1.807) is 11.8 Å². The van der Waals surface area contributed by atoms with Crippen LogP contribution in [0.25, 0.3) is 0 Å². The maximum Gasteiger partial charge on any atom is 0.234 e. The average molecular weight is 324 g/mol. The number of hydrogen-bond donors (Lipinski definition) is 1. The van der Waals surface area contributed by atoms with Crippen LogP contribution in [0.2, 0.25) is 5.02 Å². The highest BCUT2D eigenvalue weighted by molar-refractivity contribution is 7.98. The molecule has 2 unspecified atom stereocenters. The summed E-state index contributed by atoms with van der Waals surface area (Å²) in [5.74, 6) is 2.00. The second-order valence-electron chi connectivity index (χ2n) is 5.65. The molecule has 0 bridgehead atoms. The van der Waals surface area contributed by atoms with Gasteiger partial charge in [0.25, 0.3) is 0 Å². The molecule has 0 radical (unpaired) electrons. The van der Waals surface area contributed by atoms with Crippen LogP contribution < -0.4 is 5.73 Å². The van der Waals surface area contributed by atoms with Crippen molar-refractivity contribution in [2.75, 3.05) is 0 Å². The van der Waals surface area contributed by atoms with E-state index in [0.29, 0.717) is 17.5 Å². The van der Waals surface area contributed by atoms with Crippen molar-refractivity contribution in [2.24, 2.45) is 5.73 Å². The number of thioether (sulfide) groups is 1. The van der Waals surface area contributed by atoms with Gasteiger partial charge in [0.05, 0.1) is 16.2 Å². The molecular formula is C15H18ClN3OS. The molecule has 1 aromatic carbocycles. The van der Waals surface area contributed by atoms with Crippen LogP contribution in [0, 0.1) is 0 Å². The molecule has 2 atom stereocenters. The Morgan fingerprint density at radius 3 is 3.00 bits per heavy atom. The summed E-state index contributed by atoms with van der Waals surface area (Å²) in [5, 5.41) is 4.83. The molecule has 0 aliphatic heterocycles. The van der Waals surface area contributed by atoms with Gasteiger partial charge >= 0.3 is 0 Å². The Hall–Kier alpha value is -1.04. The van der Waals surface area contributed by atoms with E-state index in [9.17, 15) is 0 Å². The van der Waals surface area contributed by atoms with Crippen molar-refractivity contribution in [2.45, 2.75) is 48.3 Å². The Morgan fingerprint density at radius 1 is 1.48 bits per heavy atom. The Bertz CT molecular complexity index is 633. The molecule has 1 heterocycles. The number of hydrogen-bond acceptors (Lipinski definition) is 5. The third kappa shape index (κ3) is 2.96. The van der Waals surface area contributed by atoms with Crippen LogP contribution in [0.4, 0.5) is 0 Å². The summed E-state index contributed by atoms with van der Waals surface area (Å²) in [6, 6.07) is 7.85. The number of nitrogens with two attached hydrogens (primary N) is 1. The first-order valence-corrected chi connectivity index (χ1v) is 8.42. The van der Waals surface area contributed by atoms with Gasteiger partial charge in [-0.15, -0.1) is 11.8 Å². The summed E-state index contributed by atoms with van der Waals surface area (Å²) in [5.41, 5.74) is 6.01. The van der Waals surface area contributed by atoms with E-state index >= 15 is 0 Å². The first kappa shape index (κ1) is 14.9.